The van der Waals surface area contributed by atoms with Crippen molar-refractivity contribution < 1.29 is 0 Å². The molecule has 2 rings (SSSR count). The summed E-state index contributed by atoms with van der Waals surface area (Å²) in [5, 5.41) is 0. The molecule has 0 unspecified atom stereocenters. The van der Waals surface area contributed by atoms with E-state index in [2.05, 4.69) is 22.1 Å². The number of thiocarbonyl (C=S) groups is 1. The lowest BCUT2D eigenvalue weighted by Crippen LogP contribution is -2.03. The van der Waals surface area contributed by atoms with E-state index in [4.69, 9.17) is 12.2 Å². The molecule has 1 aromatic heterocycles. The third kappa shape index (κ3) is 2.06. The third-order valence-corrected chi connectivity index (χ3v) is 2.31. The van der Waals surface area contributed by atoms with E-state index in [-0.39, 0.29) is 0 Å². The zero-order valence-electron chi connectivity index (χ0n) is 7.60. The van der Waals surface area contributed by atoms with Crippen molar-refractivity contribution >= 4 is 17.1 Å². The van der Waals surface area contributed by atoms with Crippen LogP contribution in [0.15, 0.2) is 42.7 Å². The molecular formula is C11H10N2S. The summed E-state index contributed by atoms with van der Waals surface area (Å²) in [4.78, 5) is 7.97. The van der Waals surface area contributed by atoms with Crippen LogP contribution >= 0.6 is 12.2 Å². The van der Waals surface area contributed by atoms with Crippen molar-refractivity contribution in [3.8, 4) is 0 Å². The van der Waals surface area contributed by atoms with Gasteiger partial charge in [-0.1, -0.05) is 42.5 Å². The smallest absolute Gasteiger partial charge is 0.144 e. The summed E-state index contributed by atoms with van der Waals surface area (Å²) in [7, 11) is 0. The highest BCUT2D eigenvalue weighted by molar-refractivity contribution is 7.80. The molecule has 0 radical (unpaired) electrons. The maximum atomic E-state index is 5.26. The minimum absolute atomic E-state index is 0.768. The summed E-state index contributed by atoms with van der Waals surface area (Å²) < 4.78 is 0. The number of nitrogens with zero attached hydrogens (tertiary/aromatic N) is 1. The molecule has 3 heteroatoms. The molecule has 0 aliphatic carbocycles. The molecule has 0 atom stereocenters. The van der Waals surface area contributed by atoms with Gasteiger partial charge in [-0.3, -0.25) is 0 Å². The Kier molecular flexibility index (Phi) is 2.70. The largest absolute Gasteiger partial charge is 0.344 e. The van der Waals surface area contributed by atoms with E-state index >= 15 is 0 Å². The maximum Gasteiger partial charge on any atom is 0.144 e. The fourth-order valence-corrected chi connectivity index (χ4v) is 1.56. The second-order valence-corrected chi connectivity index (χ2v) is 3.52. The monoisotopic (exact) mass is 202 g/mol. The van der Waals surface area contributed by atoms with Crippen molar-refractivity contribution in [2.45, 2.75) is 6.42 Å². The molecule has 1 N–H and O–H groups in total. The first-order chi connectivity index (χ1) is 6.86. The summed E-state index contributed by atoms with van der Waals surface area (Å²) in [5.74, 6) is 0.795. The van der Waals surface area contributed by atoms with E-state index in [0.29, 0.717) is 0 Å². The Balaban J connectivity index is 2.10. The van der Waals surface area contributed by atoms with Crippen molar-refractivity contribution in [3.05, 3.63) is 54.1 Å². The van der Waals surface area contributed by atoms with Crippen LogP contribution in [-0.4, -0.2) is 14.8 Å². The van der Waals surface area contributed by atoms with E-state index in [1.807, 2.05) is 18.2 Å². The van der Waals surface area contributed by atoms with Crippen molar-refractivity contribution in [2.24, 2.45) is 0 Å². The minimum atomic E-state index is 0.768. The molecule has 0 spiro atoms. The SMILES string of the molecule is S=C(Cc1ccccc1)c1ncc[nH]1. The summed E-state index contributed by atoms with van der Waals surface area (Å²) in [6, 6.07) is 10.2. The molecule has 0 saturated heterocycles. The van der Waals surface area contributed by atoms with Crippen LogP contribution in [0, 0.1) is 0 Å². The predicted molar refractivity (Wildman–Crippen MR) is 60.4 cm³/mol. The second kappa shape index (κ2) is 4.15. The van der Waals surface area contributed by atoms with Gasteiger partial charge in [-0.15, -0.1) is 0 Å². The number of nitrogens with one attached hydrogen (secondary N) is 1. The van der Waals surface area contributed by atoms with Gasteiger partial charge in [0.2, 0.25) is 0 Å². The predicted octanol–water partition coefficient (Wildman–Crippen LogP) is 2.37. The average molecular weight is 202 g/mol. The van der Waals surface area contributed by atoms with Crippen LogP contribution in [0.3, 0.4) is 0 Å². The van der Waals surface area contributed by atoms with E-state index < -0.39 is 0 Å². The lowest BCUT2D eigenvalue weighted by molar-refractivity contribution is 1.23. The molecule has 1 heterocycles. The number of hydrogen-bond donors (Lipinski definition) is 1. The summed E-state index contributed by atoms with van der Waals surface area (Å²) in [6.45, 7) is 0. The summed E-state index contributed by atoms with van der Waals surface area (Å²) >= 11 is 5.26. The Bertz CT molecular complexity index is 406. The van der Waals surface area contributed by atoms with Crippen LogP contribution in [0.25, 0.3) is 0 Å². The minimum Gasteiger partial charge on any atom is -0.344 e. The van der Waals surface area contributed by atoms with E-state index in [0.717, 1.165) is 17.1 Å². The van der Waals surface area contributed by atoms with Gasteiger partial charge in [0.1, 0.15) is 5.82 Å². The summed E-state index contributed by atoms with van der Waals surface area (Å²) in [5.41, 5.74) is 1.22. The van der Waals surface area contributed by atoms with Gasteiger partial charge >= 0.3 is 0 Å². The molecule has 0 amide bonds. The Morgan fingerprint density at radius 2 is 2.07 bits per heavy atom. The molecule has 0 saturated carbocycles. The molecule has 70 valence electrons. The number of hydrogen-bond acceptors (Lipinski definition) is 2. The van der Waals surface area contributed by atoms with Crippen LogP contribution in [0.2, 0.25) is 0 Å². The molecule has 1 aromatic carbocycles. The topological polar surface area (TPSA) is 28.7 Å². The van der Waals surface area contributed by atoms with Crippen LogP contribution in [-0.2, 0) is 6.42 Å². The van der Waals surface area contributed by atoms with Crippen LogP contribution < -0.4 is 0 Å². The number of imidazole rings is 1. The Morgan fingerprint density at radius 1 is 1.29 bits per heavy atom. The average Bonchev–Trinajstić information content (AvgIpc) is 2.72. The number of benzene rings is 1. The Hall–Kier alpha value is -1.48. The molecule has 0 bridgehead atoms. The first-order valence-electron chi connectivity index (χ1n) is 4.43. The zero-order chi connectivity index (χ0) is 9.80. The van der Waals surface area contributed by atoms with Gasteiger partial charge in [0, 0.05) is 18.8 Å². The lowest BCUT2D eigenvalue weighted by Gasteiger charge is -2.00. The van der Waals surface area contributed by atoms with Gasteiger partial charge in [0.05, 0.1) is 4.86 Å². The van der Waals surface area contributed by atoms with Crippen LogP contribution in [0.1, 0.15) is 11.4 Å². The van der Waals surface area contributed by atoms with Crippen molar-refractivity contribution in [2.75, 3.05) is 0 Å². The molecule has 0 aliphatic heterocycles. The highest BCUT2D eigenvalue weighted by Gasteiger charge is 2.03. The quantitative estimate of drug-likeness (QED) is 0.611. The van der Waals surface area contributed by atoms with Gasteiger partial charge < -0.3 is 4.98 Å². The van der Waals surface area contributed by atoms with Gasteiger partial charge in [-0.05, 0) is 5.56 Å². The van der Waals surface area contributed by atoms with E-state index in [9.17, 15) is 0 Å². The summed E-state index contributed by atoms with van der Waals surface area (Å²) in [6.07, 6.45) is 4.27. The normalized spacial score (nSPS) is 10.0. The standard InChI is InChI=1S/C11H10N2S/c14-10(11-12-6-7-13-11)8-9-4-2-1-3-5-9/h1-7H,8H2,(H,12,13). The van der Waals surface area contributed by atoms with Gasteiger partial charge in [-0.25, -0.2) is 4.98 Å². The fraction of sp³-hybridized carbons (Fsp3) is 0.0909. The third-order valence-electron chi connectivity index (χ3n) is 1.97. The maximum absolute atomic E-state index is 5.26. The molecule has 2 nitrogen and oxygen atoms in total. The number of H-pyrrole nitrogens is 1. The van der Waals surface area contributed by atoms with E-state index in [1.54, 1.807) is 12.4 Å². The molecule has 0 aliphatic rings. The molecular weight excluding hydrogens is 192 g/mol. The van der Waals surface area contributed by atoms with Crippen LogP contribution in [0.5, 0.6) is 0 Å². The Labute approximate surface area is 88.0 Å². The van der Waals surface area contributed by atoms with Crippen molar-refractivity contribution in [1.29, 1.82) is 0 Å². The van der Waals surface area contributed by atoms with Gasteiger partial charge in [0.15, 0.2) is 0 Å². The van der Waals surface area contributed by atoms with Crippen molar-refractivity contribution in [1.82, 2.24) is 9.97 Å². The number of aromatic amines is 1. The fourth-order valence-electron chi connectivity index (χ4n) is 1.28. The van der Waals surface area contributed by atoms with Gasteiger partial charge in [0.25, 0.3) is 0 Å². The van der Waals surface area contributed by atoms with E-state index in [1.165, 1.54) is 5.56 Å². The Morgan fingerprint density at radius 3 is 2.71 bits per heavy atom. The molecule has 14 heavy (non-hydrogen) atoms. The number of rotatable bonds is 3. The highest BCUT2D eigenvalue weighted by Crippen LogP contribution is 2.04. The van der Waals surface area contributed by atoms with Gasteiger partial charge in [-0.2, -0.15) is 0 Å². The zero-order valence-corrected chi connectivity index (χ0v) is 8.42. The molecule has 0 fully saturated rings. The lowest BCUT2D eigenvalue weighted by atomic mass is 10.1. The second-order valence-electron chi connectivity index (χ2n) is 3.02. The number of aromatic nitrogens is 2. The first-order valence-corrected chi connectivity index (χ1v) is 4.83. The van der Waals surface area contributed by atoms with Crippen LogP contribution in [0.4, 0.5) is 0 Å². The molecule has 2 aromatic rings. The highest BCUT2D eigenvalue weighted by atomic mass is 32.1. The first kappa shape index (κ1) is 9.09. The van der Waals surface area contributed by atoms with Crippen molar-refractivity contribution in [3.63, 3.8) is 0 Å².